The number of aliphatic carboxylic acids is 2. The van der Waals surface area contributed by atoms with Crippen molar-refractivity contribution in [2.45, 2.75) is 25.8 Å². The van der Waals surface area contributed by atoms with E-state index in [1.165, 1.54) is 6.92 Å². The summed E-state index contributed by atoms with van der Waals surface area (Å²) in [5.41, 5.74) is 0. The number of rotatable bonds is 7. The first-order valence-corrected chi connectivity index (χ1v) is 5.62. The molecule has 0 saturated carbocycles. The zero-order chi connectivity index (χ0) is 14.3. The van der Waals surface area contributed by atoms with E-state index in [-0.39, 0.29) is 19.4 Å². The third-order valence-corrected chi connectivity index (χ3v) is 2.65. The van der Waals surface area contributed by atoms with Gasteiger partial charge >= 0.3 is 11.9 Å². The van der Waals surface area contributed by atoms with Crippen LogP contribution < -0.4 is 5.32 Å². The van der Waals surface area contributed by atoms with E-state index in [0.717, 1.165) is 3.93 Å². The highest BCUT2D eigenvalue weighted by atomic mass is 79.9. The Morgan fingerprint density at radius 3 is 2.22 bits per heavy atom. The third kappa shape index (κ3) is 6.84. The molecule has 9 heteroatoms. The van der Waals surface area contributed by atoms with Gasteiger partial charge in [0.05, 0.1) is 16.1 Å². The molecule has 0 aromatic rings. The summed E-state index contributed by atoms with van der Waals surface area (Å²) in [6, 6.07) is -1.29. The minimum Gasteiger partial charge on any atom is -0.481 e. The predicted molar refractivity (Wildman–Crippen MR) is 62.8 cm³/mol. The van der Waals surface area contributed by atoms with Crippen molar-refractivity contribution in [1.82, 2.24) is 9.24 Å². The van der Waals surface area contributed by atoms with Crippen molar-refractivity contribution >= 4 is 39.9 Å². The van der Waals surface area contributed by atoms with Crippen LogP contribution in [-0.4, -0.2) is 50.5 Å². The Balaban J connectivity index is 4.32. The topological polar surface area (TPSA) is 124 Å². The summed E-state index contributed by atoms with van der Waals surface area (Å²) < 4.78 is 0.929. The minimum atomic E-state index is -1.33. The number of hydrogen-bond donors (Lipinski definition) is 3. The molecule has 0 fully saturated rings. The average molecular weight is 325 g/mol. The Bertz CT molecular complexity index is 359. The van der Waals surface area contributed by atoms with Crippen molar-refractivity contribution in [2.75, 3.05) is 6.54 Å². The first-order chi connectivity index (χ1) is 8.23. The van der Waals surface area contributed by atoms with Crippen LogP contribution in [0.5, 0.6) is 0 Å². The molecule has 0 saturated heterocycles. The molecular formula is C9H13BrN2O6. The van der Waals surface area contributed by atoms with Gasteiger partial charge in [0.2, 0.25) is 11.8 Å². The molecule has 0 unspecified atom stereocenters. The van der Waals surface area contributed by atoms with Gasteiger partial charge in [0.1, 0.15) is 12.6 Å². The maximum atomic E-state index is 11.4. The largest absolute Gasteiger partial charge is 0.481 e. The molecule has 2 amide bonds. The molecular weight excluding hydrogens is 312 g/mol. The van der Waals surface area contributed by atoms with E-state index >= 15 is 0 Å². The Morgan fingerprint density at radius 2 is 1.83 bits per heavy atom. The molecule has 0 aliphatic rings. The van der Waals surface area contributed by atoms with E-state index < -0.39 is 29.8 Å². The second-order valence-electron chi connectivity index (χ2n) is 3.43. The molecule has 8 nitrogen and oxygen atoms in total. The van der Waals surface area contributed by atoms with E-state index in [0.29, 0.717) is 0 Å². The molecule has 18 heavy (non-hydrogen) atoms. The maximum absolute atomic E-state index is 11.4. The van der Waals surface area contributed by atoms with Crippen molar-refractivity contribution < 1.29 is 29.4 Å². The highest BCUT2D eigenvalue weighted by molar-refractivity contribution is 9.07. The number of nitrogens with one attached hydrogen (secondary N) is 1. The fourth-order valence-electron chi connectivity index (χ4n) is 1.00. The van der Waals surface area contributed by atoms with E-state index in [2.05, 4.69) is 21.5 Å². The van der Waals surface area contributed by atoms with Gasteiger partial charge in [-0.2, -0.15) is 0 Å². The summed E-state index contributed by atoms with van der Waals surface area (Å²) in [5.74, 6) is -3.59. The monoisotopic (exact) mass is 324 g/mol. The Hall–Kier alpha value is -1.64. The summed E-state index contributed by atoms with van der Waals surface area (Å²) in [6.45, 7) is 0.868. The normalized spacial score (nSPS) is 11.4. The molecule has 0 aliphatic carbocycles. The van der Waals surface area contributed by atoms with Gasteiger partial charge in [-0.05, 0) is 6.42 Å². The molecule has 0 aromatic heterocycles. The van der Waals surface area contributed by atoms with Crippen LogP contribution in [0.2, 0.25) is 0 Å². The maximum Gasteiger partial charge on any atom is 0.326 e. The minimum absolute atomic E-state index is 0.223. The van der Waals surface area contributed by atoms with Crippen molar-refractivity contribution in [3.63, 3.8) is 0 Å². The van der Waals surface area contributed by atoms with Crippen LogP contribution in [0.1, 0.15) is 19.8 Å². The Kier molecular flexibility index (Phi) is 6.94. The highest BCUT2D eigenvalue weighted by Gasteiger charge is 2.22. The molecule has 3 N–H and O–H groups in total. The number of hydrogen-bond acceptors (Lipinski definition) is 4. The van der Waals surface area contributed by atoms with Crippen LogP contribution in [0.3, 0.4) is 0 Å². The SMILES string of the molecule is CC(=O)N(Br)CC(=O)N[C@@H](CCC(=O)O)C(=O)O. The van der Waals surface area contributed by atoms with E-state index in [1.807, 2.05) is 0 Å². The van der Waals surface area contributed by atoms with Gasteiger partial charge in [0, 0.05) is 13.3 Å². The fourth-order valence-corrected chi connectivity index (χ4v) is 1.23. The number of carbonyl (C=O) groups is 4. The van der Waals surface area contributed by atoms with Crippen LogP contribution in [0.15, 0.2) is 0 Å². The van der Waals surface area contributed by atoms with E-state index in [9.17, 15) is 19.2 Å². The van der Waals surface area contributed by atoms with Crippen LogP contribution in [0.25, 0.3) is 0 Å². The van der Waals surface area contributed by atoms with Gasteiger partial charge in [-0.1, -0.05) is 0 Å². The lowest BCUT2D eigenvalue weighted by Crippen LogP contribution is -2.44. The number of halogens is 1. The molecule has 0 spiro atoms. The lowest BCUT2D eigenvalue weighted by atomic mass is 10.1. The van der Waals surface area contributed by atoms with Gasteiger partial charge in [0.15, 0.2) is 0 Å². The standard InChI is InChI=1S/C9H13BrN2O6/c1-5(13)12(10)4-7(14)11-6(9(17)18)2-3-8(15)16/h6H,2-4H2,1H3,(H,11,14)(H,15,16)(H,17,18)/t6-/m0/s1. The zero-order valence-electron chi connectivity index (χ0n) is 9.55. The molecule has 0 heterocycles. The van der Waals surface area contributed by atoms with Crippen molar-refractivity contribution in [1.29, 1.82) is 0 Å². The van der Waals surface area contributed by atoms with Gasteiger partial charge in [-0.25, -0.2) is 4.79 Å². The van der Waals surface area contributed by atoms with E-state index in [1.54, 1.807) is 0 Å². The smallest absolute Gasteiger partial charge is 0.326 e. The summed E-state index contributed by atoms with van der Waals surface area (Å²) >= 11 is 2.81. The molecule has 0 aliphatic heterocycles. The van der Waals surface area contributed by atoms with Crippen LogP contribution in [0, 0.1) is 0 Å². The first-order valence-electron chi connectivity index (χ1n) is 4.92. The lowest BCUT2D eigenvalue weighted by Gasteiger charge is -2.16. The Labute approximate surface area is 111 Å². The summed E-state index contributed by atoms with van der Waals surface area (Å²) in [7, 11) is 0. The number of amides is 2. The Morgan fingerprint density at radius 1 is 1.28 bits per heavy atom. The van der Waals surface area contributed by atoms with Crippen molar-refractivity contribution in [3.8, 4) is 0 Å². The number of carboxylic acids is 2. The molecule has 0 radical (unpaired) electrons. The summed E-state index contributed by atoms with van der Waals surface area (Å²) in [6.07, 6.45) is -0.596. The predicted octanol–water partition coefficient (Wildman–Crippen LogP) is -0.421. The van der Waals surface area contributed by atoms with Gasteiger partial charge in [0.25, 0.3) is 0 Å². The summed E-state index contributed by atoms with van der Waals surface area (Å²) in [4.78, 5) is 43.3. The molecule has 102 valence electrons. The van der Waals surface area contributed by atoms with Gasteiger partial charge in [-0.3, -0.25) is 18.3 Å². The molecule has 0 bridgehead atoms. The lowest BCUT2D eigenvalue weighted by molar-refractivity contribution is -0.143. The fraction of sp³-hybridized carbons (Fsp3) is 0.556. The number of nitrogens with zero attached hydrogens (tertiary/aromatic N) is 1. The van der Waals surface area contributed by atoms with Crippen LogP contribution in [-0.2, 0) is 19.2 Å². The quantitative estimate of drug-likeness (QED) is 0.546. The van der Waals surface area contributed by atoms with Crippen LogP contribution >= 0.6 is 16.1 Å². The van der Waals surface area contributed by atoms with Crippen LogP contribution in [0.4, 0.5) is 0 Å². The number of carbonyl (C=O) groups excluding carboxylic acids is 2. The molecule has 0 aromatic carbocycles. The summed E-state index contributed by atoms with van der Waals surface area (Å²) in [5, 5.41) is 19.3. The highest BCUT2D eigenvalue weighted by Crippen LogP contribution is 2.01. The molecule has 1 atom stereocenters. The second kappa shape index (κ2) is 7.64. The zero-order valence-corrected chi connectivity index (χ0v) is 11.1. The number of carboxylic acid groups (broad SMARTS) is 2. The first kappa shape index (κ1) is 16.4. The van der Waals surface area contributed by atoms with Crippen molar-refractivity contribution in [3.05, 3.63) is 0 Å². The molecule has 0 rings (SSSR count). The van der Waals surface area contributed by atoms with E-state index in [4.69, 9.17) is 10.2 Å². The third-order valence-electron chi connectivity index (χ3n) is 1.90. The van der Waals surface area contributed by atoms with Crippen molar-refractivity contribution in [2.24, 2.45) is 0 Å². The van der Waals surface area contributed by atoms with Gasteiger partial charge < -0.3 is 15.5 Å². The average Bonchev–Trinajstić information content (AvgIpc) is 2.23. The van der Waals surface area contributed by atoms with Gasteiger partial charge in [-0.15, -0.1) is 0 Å². The second-order valence-corrected chi connectivity index (χ2v) is 4.29.